The van der Waals surface area contributed by atoms with Crippen molar-refractivity contribution < 1.29 is 0 Å². The molecule has 0 amide bonds. The molecule has 5 nitrogen and oxygen atoms in total. The molecule has 0 saturated heterocycles. The molecule has 1 saturated carbocycles. The summed E-state index contributed by atoms with van der Waals surface area (Å²) in [5.74, 6) is 0.880. The lowest BCUT2D eigenvalue weighted by Gasteiger charge is -2.32. The molecule has 1 aliphatic rings. The maximum absolute atomic E-state index is 5.97. The molecule has 1 N–H and O–H groups in total. The summed E-state index contributed by atoms with van der Waals surface area (Å²) in [6, 6.07) is 0.544. The van der Waals surface area contributed by atoms with E-state index in [1.807, 2.05) is 0 Å². The highest BCUT2D eigenvalue weighted by atomic mass is 35.5. The third-order valence-corrected chi connectivity index (χ3v) is 3.89. The van der Waals surface area contributed by atoms with Crippen LogP contribution in [0.1, 0.15) is 32.1 Å². The average molecular weight is 266 g/mol. The molecule has 2 aromatic heterocycles. The average Bonchev–Trinajstić information content (AvgIpc) is 2.86. The Balaban J connectivity index is 1.99. The number of H-pyrrole nitrogens is 1. The lowest BCUT2D eigenvalue weighted by atomic mass is 9.94. The van der Waals surface area contributed by atoms with Crippen molar-refractivity contribution in [3.63, 3.8) is 0 Å². The van der Waals surface area contributed by atoms with Gasteiger partial charge in [0.2, 0.25) is 5.28 Å². The van der Waals surface area contributed by atoms with Crippen LogP contribution < -0.4 is 4.90 Å². The Bertz CT molecular complexity index is 546. The Morgan fingerprint density at radius 3 is 2.83 bits per heavy atom. The van der Waals surface area contributed by atoms with Gasteiger partial charge in [0.1, 0.15) is 5.82 Å². The topological polar surface area (TPSA) is 57.7 Å². The number of halogens is 1. The molecule has 0 atom stereocenters. The zero-order valence-electron chi connectivity index (χ0n) is 10.4. The molecule has 2 heterocycles. The summed E-state index contributed by atoms with van der Waals surface area (Å²) in [4.78, 5) is 10.7. The van der Waals surface area contributed by atoms with Crippen LogP contribution >= 0.6 is 11.6 Å². The van der Waals surface area contributed by atoms with Gasteiger partial charge in [-0.1, -0.05) is 19.3 Å². The molecule has 1 aliphatic carbocycles. The number of anilines is 1. The number of rotatable bonds is 2. The van der Waals surface area contributed by atoms with Gasteiger partial charge in [0, 0.05) is 13.1 Å². The van der Waals surface area contributed by atoms with Crippen LogP contribution in [0.5, 0.6) is 0 Å². The monoisotopic (exact) mass is 265 g/mol. The van der Waals surface area contributed by atoms with Crippen LogP contribution in [0, 0.1) is 0 Å². The summed E-state index contributed by atoms with van der Waals surface area (Å²) in [6.45, 7) is 0. The molecule has 96 valence electrons. The summed E-state index contributed by atoms with van der Waals surface area (Å²) in [5.41, 5.74) is 0.702. The van der Waals surface area contributed by atoms with Crippen LogP contribution in [0.3, 0.4) is 0 Å². The predicted molar refractivity (Wildman–Crippen MR) is 72.0 cm³/mol. The summed E-state index contributed by atoms with van der Waals surface area (Å²) in [6.07, 6.45) is 8.13. The number of hydrogen-bond acceptors (Lipinski definition) is 4. The van der Waals surface area contributed by atoms with Crippen LogP contribution in [0.2, 0.25) is 5.28 Å². The molecule has 0 aromatic carbocycles. The molecule has 3 rings (SSSR count). The summed E-state index contributed by atoms with van der Waals surface area (Å²) in [7, 11) is 2.08. The van der Waals surface area contributed by atoms with E-state index >= 15 is 0 Å². The van der Waals surface area contributed by atoms with Crippen LogP contribution in [-0.4, -0.2) is 33.3 Å². The Labute approximate surface area is 111 Å². The van der Waals surface area contributed by atoms with Gasteiger partial charge in [-0.2, -0.15) is 15.1 Å². The lowest BCUT2D eigenvalue weighted by molar-refractivity contribution is 0.426. The molecule has 0 spiro atoms. The summed E-state index contributed by atoms with van der Waals surface area (Å²) >= 11 is 5.97. The highest BCUT2D eigenvalue weighted by molar-refractivity contribution is 6.28. The fourth-order valence-corrected chi connectivity index (χ4v) is 2.87. The quantitative estimate of drug-likeness (QED) is 0.849. The fraction of sp³-hybridized carbons (Fsp3) is 0.583. The first-order chi connectivity index (χ1) is 8.75. The molecule has 18 heavy (non-hydrogen) atoms. The van der Waals surface area contributed by atoms with Crippen molar-refractivity contribution in [3.05, 3.63) is 11.5 Å². The first-order valence-corrected chi connectivity index (χ1v) is 6.73. The van der Waals surface area contributed by atoms with Crippen molar-refractivity contribution in [2.75, 3.05) is 11.9 Å². The highest BCUT2D eigenvalue weighted by Gasteiger charge is 2.22. The zero-order valence-corrected chi connectivity index (χ0v) is 11.1. The minimum Gasteiger partial charge on any atom is -0.356 e. The van der Waals surface area contributed by atoms with E-state index in [0.29, 0.717) is 11.7 Å². The van der Waals surface area contributed by atoms with E-state index in [1.54, 1.807) is 6.20 Å². The van der Waals surface area contributed by atoms with Gasteiger partial charge in [-0.15, -0.1) is 0 Å². The van der Waals surface area contributed by atoms with Crippen LogP contribution in [0.25, 0.3) is 11.0 Å². The number of aromatic amines is 1. The smallest absolute Gasteiger partial charge is 0.226 e. The Morgan fingerprint density at radius 1 is 1.28 bits per heavy atom. The van der Waals surface area contributed by atoms with Crippen molar-refractivity contribution in [1.29, 1.82) is 0 Å². The number of aromatic nitrogens is 4. The SMILES string of the molecule is CN(c1nc(Cl)nc2[nH]ncc12)C1CCCCC1. The van der Waals surface area contributed by atoms with E-state index < -0.39 is 0 Å². The van der Waals surface area contributed by atoms with Crippen LogP contribution in [0.15, 0.2) is 6.20 Å². The second-order valence-corrected chi connectivity index (χ2v) is 5.19. The molecular formula is C12H16ClN5. The predicted octanol–water partition coefficient (Wildman–Crippen LogP) is 2.78. The lowest BCUT2D eigenvalue weighted by Crippen LogP contribution is -2.34. The molecule has 0 aliphatic heterocycles. The second-order valence-electron chi connectivity index (χ2n) is 4.85. The zero-order chi connectivity index (χ0) is 12.5. The van der Waals surface area contributed by atoms with Crippen molar-refractivity contribution >= 4 is 28.5 Å². The second kappa shape index (κ2) is 4.72. The molecule has 2 aromatic rings. The van der Waals surface area contributed by atoms with E-state index in [0.717, 1.165) is 11.2 Å². The normalized spacial score (nSPS) is 17.2. The van der Waals surface area contributed by atoms with Gasteiger partial charge >= 0.3 is 0 Å². The number of hydrogen-bond donors (Lipinski definition) is 1. The Kier molecular flexibility index (Phi) is 3.07. The highest BCUT2D eigenvalue weighted by Crippen LogP contribution is 2.29. The fourth-order valence-electron chi connectivity index (χ4n) is 2.70. The molecule has 0 unspecified atom stereocenters. The van der Waals surface area contributed by atoms with Gasteiger partial charge in [-0.3, -0.25) is 5.10 Å². The molecule has 0 radical (unpaired) electrons. The van der Waals surface area contributed by atoms with E-state index in [4.69, 9.17) is 11.6 Å². The van der Waals surface area contributed by atoms with Gasteiger partial charge in [0.05, 0.1) is 11.6 Å². The van der Waals surface area contributed by atoms with E-state index in [1.165, 1.54) is 32.1 Å². The minimum atomic E-state index is 0.268. The van der Waals surface area contributed by atoms with Gasteiger partial charge in [-0.25, -0.2) is 0 Å². The number of nitrogens with zero attached hydrogens (tertiary/aromatic N) is 4. The third kappa shape index (κ3) is 2.03. The van der Waals surface area contributed by atoms with Gasteiger partial charge in [-0.05, 0) is 24.4 Å². The van der Waals surface area contributed by atoms with Crippen LogP contribution in [0.4, 0.5) is 5.82 Å². The summed E-state index contributed by atoms with van der Waals surface area (Å²) < 4.78 is 0. The van der Waals surface area contributed by atoms with E-state index in [-0.39, 0.29) is 5.28 Å². The molecule has 1 fully saturated rings. The van der Waals surface area contributed by atoms with Crippen LogP contribution in [-0.2, 0) is 0 Å². The van der Waals surface area contributed by atoms with Gasteiger partial charge in [0.25, 0.3) is 0 Å². The Hall–Kier alpha value is -1.36. The van der Waals surface area contributed by atoms with Gasteiger partial charge in [0.15, 0.2) is 5.65 Å². The van der Waals surface area contributed by atoms with Crippen molar-refractivity contribution in [1.82, 2.24) is 20.2 Å². The number of fused-ring (bicyclic) bond motifs is 1. The van der Waals surface area contributed by atoms with E-state index in [2.05, 4.69) is 32.1 Å². The number of nitrogens with one attached hydrogen (secondary N) is 1. The maximum atomic E-state index is 5.97. The Morgan fingerprint density at radius 2 is 2.06 bits per heavy atom. The minimum absolute atomic E-state index is 0.268. The largest absolute Gasteiger partial charge is 0.356 e. The summed E-state index contributed by atoms with van der Waals surface area (Å²) in [5, 5.41) is 8.07. The maximum Gasteiger partial charge on any atom is 0.226 e. The van der Waals surface area contributed by atoms with Crippen molar-refractivity contribution in [3.8, 4) is 0 Å². The van der Waals surface area contributed by atoms with E-state index in [9.17, 15) is 0 Å². The molecule has 6 heteroatoms. The first-order valence-electron chi connectivity index (χ1n) is 6.35. The third-order valence-electron chi connectivity index (χ3n) is 3.72. The van der Waals surface area contributed by atoms with Gasteiger partial charge < -0.3 is 4.90 Å². The molecule has 0 bridgehead atoms. The molecular weight excluding hydrogens is 250 g/mol. The first kappa shape index (κ1) is 11.7. The van der Waals surface area contributed by atoms with Crippen molar-refractivity contribution in [2.45, 2.75) is 38.1 Å². The van der Waals surface area contributed by atoms with Crippen molar-refractivity contribution in [2.24, 2.45) is 0 Å². The standard InChI is InChI=1S/C12H16ClN5/c1-18(8-5-3-2-4-6-8)11-9-7-14-17-10(9)15-12(13)16-11/h7-8H,2-6H2,1H3,(H,14,15,16,17).